The molecule has 3 rings (SSSR count). The third kappa shape index (κ3) is 6.64. The van der Waals surface area contributed by atoms with Gasteiger partial charge in [0, 0.05) is 45.8 Å². The Morgan fingerprint density at radius 1 is 1.03 bits per heavy atom. The quantitative estimate of drug-likeness (QED) is 0.166. The number of carbonyl (C=O) groups excluding carboxylic acids is 2. The van der Waals surface area contributed by atoms with Gasteiger partial charge in [0.15, 0.2) is 5.96 Å². The third-order valence-corrected chi connectivity index (χ3v) is 5.11. The molecule has 0 radical (unpaired) electrons. The molecule has 30 heavy (non-hydrogen) atoms. The number of carbonyl (C=O) groups is 2. The maximum atomic E-state index is 12.4. The summed E-state index contributed by atoms with van der Waals surface area (Å²) < 4.78 is 5.37. The molecular weight excluding hydrogens is 497 g/mol. The summed E-state index contributed by atoms with van der Waals surface area (Å²) in [6, 6.07) is 7.00. The highest BCUT2D eigenvalue weighted by Gasteiger charge is 2.34. The first-order valence-electron chi connectivity index (χ1n) is 10.5. The number of aliphatic imine (C=N–C) groups is 1. The third-order valence-electron chi connectivity index (χ3n) is 5.11. The molecule has 0 aliphatic carbocycles. The Hall–Kier alpha value is -1.72. The Kier molecular flexibility index (Phi) is 10.5. The molecule has 2 heterocycles. The van der Waals surface area contributed by atoms with Crippen LogP contribution in [0.15, 0.2) is 29.3 Å². The fraction of sp³-hybridized carbons (Fsp3) is 0.571. The Morgan fingerprint density at radius 3 is 2.33 bits per heavy atom. The van der Waals surface area contributed by atoms with Crippen LogP contribution in [-0.2, 0) is 4.74 Å². The first kappa shape index (κ1) is 24.5. The predicted octanol–water partition coefficient (Wildman–Crippen LogP) is 1.57. The second-order valence-corrected chi connectivity index (χ2v) is 7.16. The van der Waals surface area contributed by atoms with Crippen LogP contribution in [-0.4, -0.2) is 86.6 Å². The number of benzene rings is 1. The number of ether oxygens (including phenoxy) is 1. The maximum absolute atomic E-state index is 12.4. The van der Waals surface area contributed by atoms with E-state index in [1.165, 1.54) is 4.90 Å². The number of imide groups is 1. The van der Waals surface area contributed by atoms with E-state index in [1.807, 2.05) is 6.92 Å². The summed E-state index contributed by atoms with van der Waals surface area (Å²) in [5.74, 6) is 0.431. The average Bonchev–Trinajstić information content (AvgIpc) is 2.99. The molecule has 0 aromatic heterocycles. The highest BCUT2D eigenvalue weighted by Crippen LogP contribution is 2.22. The van der Waals surface area contributed by atoms with Gasteiger partial charge in [-0.1, -0.05) is 12.1 Å². The van der Waals surface area contributed by atoms with Gasteiger partial charge in [-0.05, 0) is 31.9 Å². The molecule has 1 aromatic carbocycles. The first-order chi connectivity index (χ1) is 14.2. The number of rotatable bonds is 9. The first-order valence-corrected chi connectivity index (χ1v) is 10.5. The number of amides is 2. The highest BCUT2D eigenvalue weighted by molar-refractivity contribution is 14.0. The van der Waals surface area contributed by atoms with Crippen molar-refractivity contribution in [2.24, 2.45) is 4.99 Å². The molecule has 1 fully saturated rings. The summed E-state index contributed by atoms with van der Waals surface area (Å²) in [5, 5.41) is 6.62. The van der Waals surface area contributed by atoms with Gasteiger partial charge in [-0.15, -0.1) is 24.0 Å². The zero-order chi connectivity index (χ0) is 20.5. The Labute approximate surface area is 195 Å². The van der Waals surface area contributed by atoms with E-state index in [4.69, 9.17) is 4.74 Å². The second kappa shape index (κ2) is 12.9. The summed E-state index contributed by atoms with van der Waals surface area (Å²) in [7, 11) is 0. The van der Waals surface area contributed by atoms with E-state index in [0.29, 0.717) is 24.2 Å². The van der Waals surface area contributed by atoms with Crippen molar-refractivity contribution in [3.63, 3.8) is 0 Å². The molecule has 2 aliphatic heterocycles. The minimum Gasteiger partial charge on any atom is -0.379 e. The number of nitrogens with one attached hydrogen (secondary N) is 2. The number of morpholine rings is 1. The molecule has 0 saturated carbocycles. The molecule has 2 amide bonds. The fourth-order valence-electron chi connectivity index (χ4n) is 3.51. The number of guanidine groups is 1. The molecule has 1 aromatic rings. The van der Waals surface area contributed by atoms with E-state index >= 15 is 0 Å². The summed E-state index contributed by atoms with van der Waals surface area (Å²) in [6.07, 6.45) is 1.55. The van der Waals surface area contributed by atoms with E-state index < -0.39 is 0 Å². The molecule has 166 valence electrons. The molecule has 2 N–H and O–H groups in total. The fourth-order valence-corrected chi connectivity index (χ4v) is 3.51. The lowest BCUT2D eigenvalue weighted by Gasteiger charge is -2.26. The minimum absolute atomic E-state index is 0. The number of nitrogens with zero attached hydrogens (tertiary/aromatic N) is 3. The molecule has 9 heteroatoms. The van der Waals surface area contributed by atoms with Crippen molar-refractivity contribution in [2.75, 3.05) is 59.0 Å². The zero-order valence-electron chi connectivity index (χ0n) is 17.6. The Bertz CT molecular complexity index is 702. The van der Waals surface area contributed by atoms with Crippen molar-refractivity contribution in [1.29, 1.82) is 0 Å². The van der Waals surface area contributed by atoms with Gasteiger partial charge < -0.3 is 15.4 Å². The molecule has 0 bridgehead atoms. The van der Waals surface area contributed by atoms with Gasteiger partial charge >= 0.3 is 0 Å². The van der Waals surface area contributed by atoms with Crippen molar-refractivity contribution in [2.45, 2.75) is 19.8 Å². The normalized spacial score (nSPS) is 17.0. The number of halogens is 1. The van der Waals surface area contributed by atoms with E-state index in [9.17, 15) is 9.59 Å². The second-order valence-electron chi connectivity index (χ2n) is 7.16. The summed E-state index contributed by atoms with van der Waals surface area (Å²) in [6.45, 7) is 9.30. The molecule has 1 saturated heterocycles. The summed E-state index contributed by atoms with van der Waals surface area (Å²) in [5.41, 5.74) is 1.02. The number of hydrogen-bond donors (Lipinski definition) is 2. The Morgan fingerprint density at radius 2 is 1.70 bits per heavy atom. The van der Waals surface area contributed by atoms with Crippen molar-refractivity contribution < 1.29 is 14.3 Å². The summed E-state index contributed by atoms with van der Waals surface area (Å²) in [4.78, 5) is 33.0. The molecule has 0 unspecified atom stereocenters. The monoisotopic (exact) mass is 529 g/mol. The van der Waals surface area contributed by atoms with Crippen LogP contribution >= 0.6 is 24.0 Å². The van der Waals surface area contributed by atoms with Gasteiger partial charge in [-0.2, -0.15) is 0 Å². The lowest BCUT2D eigenvalue weighted by atomic mass is 10.1. The van der Waals surface area contributed by atoms with Crippen LogP contribution in [0.3, 0.4) is 0 Å². The van der Waals surface area contributed by atoms with Gasteiger partial charge in [0.05, 0.1) is 24.3 Å². The SMILES string of the molecule is CCNC(=NCCCCN1C(=O)c2ccccc2C1=O)NCCN1CCOCC1.I. The van der Waals surface area contributed by atoms with Gasteiger partial charge in [-0.25, -0.2) is 0 Å². The standard InChI is InChI=1S/C21H31N5O3.HI/c1-2-22-21(24-10-12-25-13-15-29-16-14-25)23-9-5-6-11-26-19(27)17-7-3-4-8-18(17)20(26)28;/h3-4,7-8H,2,5-6,9-16H2,1H3,(H2,22,23,24);1H. The van der Waals surface area contributed by atoms with Crippen molar-refractivity contribution in [3.05, 3.63) is 35.4 Å². The Balaban J connectivity index is 0.00000320. The topological polar surface area (TPSA) is 86.3 Å². The molecule has 0 atom stereocenters. The van der Waals surface area contributed by atoms with Crippen LogP contribution in [0.4, 0.5) is 0 Å². The summed E-state index contributed by atoms with van der Waals surface area (Å²) >= 11 is 0. The van der Waals surface area contributed by atoms with Crippen LogP contribution in [0.5, 0.6) is 0 Å². The number of unbranched alkanes of at least 4 members (excludes halogenated alkanes) is 1. The zero-order valence-corrected chi connectivity index (χ0v) is 19.9. The van der Waals surface area contributed by atoms with Crippen LogP contribution in [0.2, 0.25) is 0 Å². The van der Waals surface area contributed by atoms with E-state index in [0.717, 1.165) is 64.7 Å². The lowest BCUT2D eigenvalue weighted by Crippen LogP contribution is -2.44. The average molecular weight is 529 g/mol. The van der Waals surface area contributed by atoms with Crippen molar-refractivity contribution >= 4 is 41.8 Å². The highest BCUT2D eigenvalue weighted by atomic mass is 127. The maximum Gasteiger partial charge on any atom is 0.261 e. The van der Waals surface area contributed by atoms with Crippen LogP contribution in [0.1, 0.15) is 40.5 Å². The predicted molar refractivity (Wildman–Crippen MR) is 128 cm³/mol. The van der Waals surface area contributed by atoms with Crippen LogP contribution in [0, 0.1) is 0 Å². The van der Waals surface area contributed by atoms with Crippen LogP contribution < -0.4 is 10.6 Å². The number of hydrogen-bond acceptors (Lipinski definition) is 5. The molecule has 8 nitrogen and oxygen atoms in total. The van der Waals surface area contributed by atoms with E-state index in [-0.39, 0.29) is 35.8 Å². The van der Waals surface area contributed by atoms with Crippen molar-refractivity contribution in [1.82, 2.24) is 20.4 Å². The van der Waals surface area contributed by atoms with Crippen molar-refractivity contribution in [3.8, 4) is 0 Å². The smallest absolute Gasteiger partial charge is 0.261 e. The molecule has 0 spiro atoms. The largest absolute Gasteiger partial charge is 0.379 e. The molecule has 2 aliphatic rings. The lowest BCUT2D eigenvalue weighted by molar-refractivity contribution is 0.0389. The van der Waals surface area contributed by atoms with E-state index in [2.05, 4.69) is 20.5 Å². The van der Waals surface area contributed by atoms with Gasteiger partial charge in [-0.3, -0.25) is 24.4 Å². The minimum atomic E-state index is -0.188. The van der Waals surface area contributed by atoms with E-state index in [1.54, 1.807) is 24.3 Å². The van der Waals surface area contributed by atoms with Gasteiger partial charge in [0.25, 0.3) is 11.8 Å². The molecular formula is C21H32IN5O3. The van der Waals surface area contributed by atoms with Gasteiger partial charge in [0.2, 0.25) is 0 Å². The number of fused-ring (bicyclic) bond motifs is 1. The van der Waals surface area contributed by atoms with Gasteiger partial charge in [0.1, 0.15) is 0 Å². The van der Waals surface area contributed by atoms with Crippen LogP contribution in [0.25, 0.3) is 0 Å².